The van der Waals surface area contributed by atoms with Gasteiger partial charge in [-0.05, 0) is 115 Å². The van der Waals surface area contributed by atoms with Gasteiger partial charge in [0, 0.05) is 37.0 Å². The number of aliphatic carboxylic acids is 1. The molecule has 1 fully saturated rings. The molecule has 0 radical (unpaired) electrons. The van der Waals surface area contributed by atoms with Crippen LogP contribution in [0.3, 0.4) is 0 Å². The molecule has 10 heteroatoms. The van der Waals surface area contributed by atoms with Crippen LogP contribution in [0.2, 0.25) is 0 Å². The summed E-state index contributed by atoms with van der Waals surface area (Å²) in [6.45, 7) is 13.4. The lowest BCUT2D eigenvalue weighted by Crippen LogP contribution is -2.45. The van der Waals surface area contributed by atoms with Gasteiger partial charge in [0.05, 0.1) is 22.5 Å². The van der Waals surface area contributed by atoms with Crippen molar-refractivity contribution in [3.05, 3.63) is 71.2 Å². The van der Waals surface area contributed by atoms with Crippen molar-refractivity contribution in [3.63, 3.8) is 0 Å². The number of aryl methyl sites for hydroxylation is 2. The molecule has 0 saturated carbocycles. The molecule has 2 unspecified atom stereocenters. The number of pyridine rings is 1. The Labute approximate surface area is 281 Å². The number of nitrogens with zero attached hydrogens (tertiary/aromatic N) is 3. The first kappa shape index (κ1) is 33.9. The highest BCUT2D eigenvalue weighted by atomic mass is 19.1. The van der Waals surface area contributed by atoms with Crippen LogP contribution in [0.25, 0.3) is 28.0 Å². The summed E-state index contributed by atoms with van der Waals surface area (Å²) in [6, 6.07) is 12.8. The van der Waals surface area contributed by atoms with E-state index in [4.69, 9.17) is 24.9 Å². The number of carboxylic acids is 1. The van der Waals surface area contributed by atoms with Gasteiger partial charge in [0.15, 0.2) is 6.10 Å². The number of ether oxygens (including phenoxy) is 3. The highest BCUT2D eigenvalue weighted by Crippen LogP contribution is 2.41. The zero-order valence-electron chi connectivity index (χ0n) is 28.8. The largest absolute Gasteiger partial charge is 0.479 e. The predicted molar refractivity (Wildman–Crippen MR) is 185 cm³/mol. The van der Waals surface area contributed by atoms with E-state index in [1.165, 1.54) is 6.07 Å². The molecule has 5 heterocycles. The molecule has 1 saturated heterocycles. The topological polar surface area (TPSA) is 112 Å². The minimum atomic E-state index is -1.19. The van der Waals surface area contributed by atoms with E-state index >= 15 is 4.39 Å². The van der Waals surface area contributed by atoms with Gasteiger partial charge in [0.2, 0.25) is 0 Å². The van der Waals surface area contributed by atoms with E-state index in [0.29, 0.717) is 59.9 Å². The van der Waals surface area contributed by atoms with Gasteiger partial charge in [-0.15, -0.1) is 0 Å². The van der Waals surface area contributed by atoms with Crippen LogP contribution in [-0.2, 0) is 14.3 Å². The average molecular weight is 659 g/mol. The standard InChI is InChI=1S/C38H47FN4O5/c1-23-18-27(39)33-26-11-9-10-25(21-26)28-22-43-31(41-28)20-24(2)32(34(36(44)45)48-37(3,4)5)35(43)42-15-13-38(6,14-16-42)46-17-8-7-12-30(40)47-29(33)19-23/h9-11,18-22,30,34H,7-8,12-17,40H2,1-6H3,(H,44,45). The van der Waals surface area contributed by atoms with E-state index in [1.54, 1.807) is 0 Å². The lowest BCUT2D eigenvalue weighted by Gasteiger charge is -2.41. The Hall–Kier alpha value is -3.99. The van der Waals surface area contributed by atoms with Crippen molar-refractivity contribution in [2.24, 2.45) is 5.73 Å². The molecular weight excluding hydrogens is 611 g/mol. The molecule has 2 atom stereocenters. The van der Waals surface area contributed by atoms with Gasteiger partial charge in [-0.1, -0.05) is 18.2 Å². The zero-order valence-corrected chi connectivity index (χ0v) is 28.8. The van der Waals surface area contributed by atoms with E-state index in [2.05, 4.69) is 11.8 Å². The Kier molecular flexibility index (Phi) is 9.28. The monoisotopic (exact) mass is 658 g/mol. The fraction of sp³-hybridized carbons (Fsp3) is 0.474. The number of fused-ring (bicyclic) bond motifs is 8. The first-order chi connectivity index (χ1) is 22.7. The summed E-state index contributed by atoms with van der Waals surface area (Å²) >= 11 is 0. The van der Waals surface area contributed by atoms with Crippen LogP contribution in [0, 0.1) is 19.7 Å². The number of benzene rings is 2. The van der Waals surface area contributed by atoms with Crippen LogP contribution in [0.4, 0.5) is 10.2 Å². The molecule has 0 aliphatic carbocycles. The summed E-state index contributed by atoms with van der Waals surface area (Å²) in [4.78, 5) is 20.1. The second-order valence-corrected chi connectivity index (χ2v) is 14.5. The van der Waals surface area contributed by atoms with Gasteiger partial charge in [0.25, 0.3) is 0 Å². The summed E-state index contributed by atoms with van der Waals surface area (Å²) < 4.78 is 36.5. The first-order valence-electron chi connectivity index (χ1n) is 16.9. The summed E-state index contributed by atoms with van der Waals surface area (Å²) in [7, 11) is 0. The smallest absolute Gasteiger partial charge is 0.337 e. The Morgan fingerprint density at radius 2 is 1.85 bits per heavy atom. The van der Waals surface area contributed by atoms with Gasteiger partial charge in [0.1, 0.15) is 29.3 Å². The van der Waals surface area contributed by atoms with E-state index in [-0.39, 0.29) is 5.60 Å². The van der Waals surface area contributed by atoms with E-state index in [9.17, 15) is 9.90 Å². The lowest BCUT2D eigenvalue weighted by atomic mass is 9.92. The van der Waals surface area contributed by atoms with E-state index in [0.717, 1.165) is 48.2 Å². The van der Waals surface area contributed by atoms with Crippen LogP contribution in [-0.4, -0.2) is 57.6 Å². The molecule has 0 spiro atoms. The molecule has 3 aliphatic heterocycles. The number of hydrogen-bond donors (Lipinski definition) is 2. The Morgan fingerprint density at radius 1 is 1.12 bits per heavy atom. The minimum absolute atomic E-state index is 0.318. The van der Waals surface area contributed by atoms with Crippen molar-refractivity contribution in [2.75, 3.05) is 24.6 Å². The second-order valence-electron chi connectivity index (χ2n) is 14.5. The number of rotatable bonds is 3. The number of piperidine rings is 1. The normalized spacial score (nSPS) is 21.2. The molecule has 256 valence electrons. The fourth-order valence-corrected chi connectivity index (χ4v) is 6.86. The number of halogens is 1. The SMILES string of the molecule is Cc1cc(F)c2c(c1)OC(N)CCCCOC1(C)CCN(CC1)c1c(C(OC(C)(C)C)C(=O)O)c(C)cc3nc(cn13)-c1cccc-2c1. The van der Waals surface area contributed by atoms with E-state index < -0.39 is 29.7 Å². The van der Waals surface area contributed by atoms with Gasteiger partial charge in [-0.2, -0.15) is 0 Å². The number of carboxylic acid groups (broad SMARTS) is 1. The van der Waals surface area contributed by atoms with Crippen LogP contribution in [0.1, 0.15) is 82.6 Å². The predicted octanol–water partition coefficient (Wildman–Crippen LogP) is 7.59. The van der Waals surface area contributed by atoms with Crippen molar-refractivity contribution in [1.82, 2.24) is 9.38 Å². The molecule has 3 N–H and O–H groups in total. The Balaban J connectivity index is 1.55. The highest BCUT2D eigenvalue weighted by Gasteiger charge is 2.37. The number of imidazole rings is 1. The maximum atomic E-state index is 15.7. The molecule has 9 nitrogen and oxygen atoms in total. The quantitative estimate of drug-likeness (QED) is 0.232. The van der Waals surface area contributed by atoms with Crippen molar-refractivity contribution in [1.29, 1.82) is 0 Å². The van der Waals surface area contributed by atoms with Gasteiger partial charge in [-0.3, -0.25) is 10.1 Å². The Morgan fingerprint density at radius 3 is 2.56 bits per heavy atom. The van der Waals surface area contributed by atoms with Crippen LogP contribution in [0.5, 0.6) is 5.75 Å². The number of anilines is 1. The summed E-state index contributed by atoms with van der Waals surface area (Å²) in [6.07, 6.45) is 3.92. The molecule has 7 rings (SSSR count). The summed E-state index contributed by atoms with van der Waals surface area (Å²) in [5.74, 6) is -0.289. The van der Waals surface area contributed by atoms with Gasteiger partial charge >= 0.3 is 5.97 Å². The molecule has 2 aromatic carbocycles. The molecule has 48 heavy (non-hydrogen) atoms. The first-order valence-corrected chi connectivity index (χ1v) is 16.9. The second kappa shape index (κ2) is 13.1. The molecular formula is C38H47FN4O5. The summed E-state index contributed by atoms with van der Waals surface area (Å²) in [5, 5.41) is 10.5. The average Bonchev–Trinajstić information content (AvgIpc) is 3.42. The van der Waals surface area contributed by atoms with Crippen molar-refractivity contribution >= 4 is 17.4 Å². The lowest BCUT2D eigenvalue weighted by molar-refractivity contribution is -0.160. The van der Waals surface area contributed by atoms with E-state index in [1.807, 2.05) is 81.6 Å². The third kappa shape index (κ3) is 7.06. The summed E-state index contributed by atoms with van der Waals surface area (Å²) in [5.41, 5.74) is 10.7. The van der Waals surface area contributed by atoms with Crippen LogP contribution >= 0.6 is 0 Å². The fourth-order valence-electron chi connectivity index (χ4n) is 6.86. The van der Waals surface area contributed by atoms with Gasteiger partial charge in [-0.25, -0.2) is 14.2 Å². The molecule has 3 aliphatic rings. The minimum Gasteiger partial charge on any atom is -0.479 e. The number of hydrogen-bond acceptors (Lipinski definition) is 7. The third-order valence-corrected chi connectivity index (χ3v) is 9.31. The zero-order chi connectivity index (χ0) is 34.4. The Bertz CT molecular complexity index is 1820. The maximum absolute atomic E-state index is 15.7. The van der Waals surface area contributed by atoms with Gasteiger partial charge < -0.3 is 24.2 Å². The van der Waals surface area contributed by atoms with Crippen molar-refractivity contribution < 1.29 is 28.5 Å². The molecule has 6 bridgehead atoms. The third-order valence-electron chi connectivity index (χ3n) is 9.31. The molecule has 0 amide bonds. The maximum Gasteiger partial charge on any atom is 0.337 e. The number of carbonyl (C=O) groups is 1. The number of aromatic nitrogens is 2. The van der Waals surface area contributed by atoms with Crippen LogP contribution in [0.15, 0.2) is 48.7 Å². The van der Waals surface area contributed by atoms with Crippen LogP contribution < -0.4 is 15.4 Å². The highest BCUT2D eigenvalue weighted by molar-refractivity contribution is 5.81. The number of nitrogens with two attached hydrogens (primary N) is 1. The van der Waals surface area contributed by atoms with Crippen molar-refractivity contribution in [3.8, 4) is 28.1 Å². The molecule has 2 aromatic heterocycles. The van der Waals surface area contributed by atoms with Crippen molar-refractivity contribution in [2.45, 2.75) is 97.2 Å². The molecule has 4 aromatic rings.